The molecule has 1 heteroatoms. The molecular formula is C9H18N. The van der Waals surface area contributed by atoms with E-state index in [2.05, 4.69) is 18.7 Å². The van der Waals surface area contributed by atoms with Crippen LogP contribution in [0, 0.1) is 12.8 Å². The molecule has 0 aromatic carbocycles. The Kier molecular flexibility index (Phi) is 3.20. The average molecular weight is 140 g/mol. The fraction of sp³-hybridized carbons (Fsp3) is 0.889. The lowest BCUT2D eigenvalue weighted by Gasteiger charge is -2.30. The number of nitrogens with zero attached hydrogens (tertiary/aromatic N) is 1. The number of piperidine rings is 1. The minimum Gasteiger partial charge on any atom is -0.303 e. The van der Waals surface area contributed by atoms with E-state index in [1.54, 1.807) is 0 Å². The van der Waals surface area contributed by atoms with E-state index in [0.29, 0.717) is 0 Å². The Bertz CT molecular complexity index is 80.7. The quantitative estimate of drug-likeness (QED) is 0.566. The molecule has 0 saturated carbocycles. The van der Waals surface area contributed by atoms with Gasteiger partial charge in [0.2, 0.25) is 0 Å². The van der Waals surface area contributed by atoms with Gasteiger partial charge in [-0.1, -0.05) is 13.3 Å². The molecule has 59 valence electrons. The Morgan fingerprint density at radius 3 is 3.00 bits per heavy atom. The van der Waals surface area contributed by atoms with Gasteiger partial charge in [0, 0.05) is 6.54 Å². The van der Waals surface area contributed by atoms with Gasteiger partial charge in [0.05, 0.1) is 0 Å². The van der Waals surface area contributed by atoms with Crippen LogP contribution in [0.1, 0.15) is 26.2 Å². The third-order valence-electron chi connectivity index (χ3n) is 2.50. The molecule has 0 aromatic heterocycles. The highest BCUT2D eigenvalue weighted by atomic mass is 15.1. The van der Waals surface area contributed by atoms with Crippen molar-refractivity contribution < 1.29 is 0 Å². The largest absolute Gasteiger partial charge is 0.303 e. The summed E-state index contributed by atoms with van der Waals surface area (Å²) in [5, 5.41) is 0. The van der Waals surface area contributed by atoms with Gasteiger partial charge in [-0.3, -0.25) is 0 Å². The van der Waals surface area contributed by atoms with Crippen LogP contribution >= 0.6 is 0 Å². The molecule has 1 nitrogen and oxygen atoms in total. The van der Waals surface area contributed by atoms with Crippen LogP contribution in [0.25, 0.3) is 0 Å². The first kappa shape index (κ1) is 8.06. The molecule has 0 spiro atoms. The van der Waals surface area contributed by atoms with Gasteiger partial charge in [0.15, 0.2) is 0 Å². The third-order valence-corrected chi connectivity index (χ3v) is 2.50. The highest BCUT2D eigenvalue weighted by Gasteiger charge is 2.16. The molecule has 1 unspecified atom stereocenters. The van der Waals surface area contributed by atoms with E-state index in [1.165, 1.54) is 32.4 Å². The fourth-order valence-electron chi connectivity index (χ4n) is 1.69. The van der Waals surface area contributed by atoms with Crippen molar-refractivity contribution in [3.8, 4) is 0 Å². The first-order valence-corrected chi connectivity index (χ1v) is 4.38. The van der Waals surface area contributed by atoms with Crippen LogP contribution in [0.2, 0.25) is 0 Å². The average Bonchev–Trinajstić information content (AvgIpc) is 2.05. The lowest BCUT2D eigenvalue weighted by molar-refractivity contribution is 0.187. The summed E-state index contributed by atoms with van der Waals surface area (Å²) in [5.74, 6) is 0.954. The molecular weight excluding hydrogens is 122 g/mol. The highest BCUT2D eigenvalue weighted by Crippen LogP contribution is 2.18. The zero-order chi connectivity index (χ0) is 7.40. The first-order chi connectivity index (χ1) is 4.86. The summed E-state index contributed by atoms with van der Waals surface area (Å²) in [6, 6.07) is 0. The minimum atomic E-state index is 0.954. The van der Waals surface area contributed by atoms with Gasteiger partial charge in [-0.15, -0.1) is 0 Å². The van der Waals surface area contributed by atoms with Crippen molar-refractivity contribution >= 4 is 0 Å². The van der Waals surface area contributed by atoms with Crippen molar-refractivity contribution in [2.45, 2.75) is 26.2 Å². The summed E-state index contributed by atoms with van der Waals surface area (Å²) < 4.78 is 0. The normalized spacial score (nSPS) is 28.8. The van der Waals surface area contributed by atoms with Gasteiger partial charge in [-0.2, -0.15) is 0 Å². The lowest BCUT2D eigenvalue weighted by Crippen LogP contribution is -2.34. The number of likely N-dealkylation sites (tertiary alicyclic amines) is 1. The number of rotatable bonds is 2. The van der Waals surface area contributed by atoms with Gasteiger partial charge < -0.3 is 4.90 Å². The number of hydrogen-bond acceptors (Lipinski definition) is 1. The van der Waals surface area contributed by atoms with Gasteiger partial charge in [0.25, 0.3) is 0 Å². The molecule has 1 aliphatic heterocycles. The Labute approximate surface area is 64.4 Å². The molecule has 1 heterocycles. The second kappa shape index (κ2) is 3.97. The summed E-state index contributed by atoms with van der Waals surface area (Å²) in [7, 11) is 0. The topological polar surface area (TPSA) is 3.24 Å². The van der Waals surface area contributed by atoms with Gasteiger partial charge in [-0.25, -0.2) is 0 Å². The highest BCUT2D eigenvalue weighted by molar-refractivity contribution is 4.71. The molecule has 0 aliphatic carbocycles. The van der Waals surface area contributed by atoms with Crippen molar-refractivity contribution in [3.63, 3.8) is 0 Å². The maximum absolute atomic E-state index is 3.90. The summed E-state index contributed by atoms with van der Waals surface area (Å²) >= 11 is 0. The summed E-state index contributed by atoms with van der Waals surface area (Å²) in [6.45, 7) is 9.76. The molecule has 1 fully saturated rings. The zero-order valence-corrected chi connectivity index (χ0v) is 6.97. The summed E-state index contributed by atoms with van der Waals surface area (Å²) in [6.07, 6.45) is 4.16. The molecule has 1 saturated heterocycles. The second-order valence-corrected chi connectivity index (χ2v) is 3.22. The smallest absolute Gasteiger partial charge is 0.000956 e. The summed E-state index contributed by atoms with van der Waals surface area (Å²) in [5.41, 5.74) is 0. The molecule has 0 aromatic rings. The maximum Gasteiger partial charge on any atom is 0.000956 e. The van der Waals surface area contributed by atoms with Crippen molar-refractivity contribution in [1.82, 2.24) is 4.90 Å². The van der Waals surface area contributed by atoms with Gasteiger partial charge in [0.1, 0.15) is 0 Å². The minimum absolute atomic E-state index is 0.954. The van der Waals surface area contributed by atoms with E-state index < -0.39 is 0 Å². The zero-order valence-electron chi connectivity index (χ0n) is 6.97. The lowest BCUT2D eigenvalue weighted by atomic mass is 9.96. The summed E-state index contributed by atoms with van der Waals surface area (Å²) in [4.78, 5) is 2.46. The molecule has 1 rings (SSSR count). The van der Waals surface area contributed by atoms with Crippen LogP contribution in [0.4, 0.5) is 0 Å². The second-order valence-electron chi connectivity index (χ2n) is 3.22. The molecule has 0 bridgehead atoms. The molecule has 1 aliphatic rings. The predicted molar refractivity (Wildman–Crippen MR) is 44.8 cm³/mol. The van der Waals surface area contributed by atoms with Crippen LogP contribution in [0.3, 0.4) is 0 Å². The monoisotopic (exact) mass is 140 g/mol. The van der Waals surface area contributed by atoms with Crippen LogP contribution in [0.15, 0.2) is 0 Å². The van der Waals surface area contributed by atoms with E-state index in [4.69, 9.17) is 0 Å². The first-order valence-electron chi connectivity index (χ1n) is 4.38. The number of hydrogen-bond donors (Lipinski definition) is 0. The van der Waals surface area contributed by atoms with E-state index >= 15 is 0 Å². The van der Waals surface area contributed by atoms with E-state index in [9.17, 15) is 0 Å². The van der Waals surface area contributed by atoms with Crippen LogP contribution < -0.4 is 0 Å². The van der Waals surface area contributed by atoms with Gasteiger partial charge in [-0.05, 0) is 38.8 Å². The van der Waals surface area contributed by atoms with E-state index in [1.807, 2.05) is 0 Å². The maximum atomic E-state index is 3.90. The standard InChI is InChI=1S/C9H18N/c1-3-9-6-5-7-10(4-2)8-9/h9H,2-8H2,1H3. The predicted octanol–water partition coefficient (Wildman–Crippen LogP) is 1.94. The molecule has 10 heavy (non-hydrogen) atoms. The Morgan fingerprint density at radius 2 is 2.40 bits per heavy atom. The third kappa shape index (κ3) is 1.98. The Balaban J connectivity index is 2.25. The van der Waals surface area contributed by atoms with Crippen LogP contribution in [0.5, 0.6) is 0 Å². The van der Waals surface area contributed by atoms with E-state index in [-0.39, 0.29) is 0 Å². The molecule has 0 amide bonds. The Hall–Kier alpha value is -0.0400. The van der Waals surface area contributed by atoms with Crippen molar-refractivity contribution in [2.24, 2.45) is 5.92 Å². The molecule has 1 radical (unpaired) electrons. The van der Waals surface area contributed by atoms with E-state index in [0.717, 1.165) is 12.5 Å². The Morgan fingerprint density at radius 1 is 1.60 bits per heavy atom. The van der Waals surface area contributed by atoms with Gasteiger partial charge >= 0.3 is 0 Å². The van der Waals surface area contributed by atoms with Crippen LogP contribution in [-0.2, 0) is 0 Å². The fourth-order valence-corrected chi connectivity index (χ4v) is 1.69. The van der Waals surface area contributed by atoms with Crippen molar-refractivity contribution in [1.29, 1.82) is 0 Å². The van der Waals surface area contributed by atoms with Crippen molar-refractivity contribution in [2.75, 3.05) is 19.6 Å². The molecule has 0 N–H and O–H groups in total. The molecule has 1 atom stereocenters. The van der Waals surface area contributed by atoms with Crippen LogP contribution in [-0.4, -0.2) is 24.5 Å². The van der Waals surface area contributed by atoms with Crippen molar-refractivity contribution in [3.05, 3.63) is 6.92 Å². The SMILES string of the molecule is [CH2]CN1CCCC(CC)C1.